The van der Waals surface area contributed by atoms with Crippen LogP contribution in [-0.2, 0) is 14.4 Å². The second-order valence-corrected chi connectivity index (χ2v) is 4.75. The van der Waals surface area contributed by atoms with Crippen LogP contribution >= 0.6 is 0 Å². The number of nitrogens with zero attached hydrogens (tertiary/aromatic N) is 1. The molecule has 0 radical (unpaired) electrons. The lowest BCUT2D eigenvalue weighted by Gasteiger charge is -2.39. The van der Waals surface area contributed by atoms with Crippen molar-refractivity contribution in [3.05, 3.63) is 0 Å². The minimum absolute atomic E-state index is 0.224. The number of carbonyl (C=O) groups is 2. The van der Waals surface area contributed by atoms with Crippen molar-refractivity contribution in [1.82, 2.24) is 10.4 Å². The number of aliphatic hydroxyl groups is 1. The fraction of sp³-hybridized carbons (Fsp3) is 0.800. The maximum absolute atomic E-state index is 11.8. The lowest BCUT2D eigenvalue weighted by molar-refractivity contribution is -0.183. The molecule has 0 aromatic heterocycles. The Balaban J connectivity index is 2.01. The van der Waals surface area contributed by atoms with E-state index in [4.69, 9.17) is 0 Å². The van der Waals surface area contributed by atoms with E-state index in [1.165, 1.54) is 7.05 Å². The number of amides is 1. The van der Waals surface area contributed by atoms with Crippen molar-refractivity contribution >= 4 is 11.9 Å². The van der Waals surface area contributed by atoms with Crippen molar-refractivity contribution < 1.29 is 19.5 Å². The average Bonchev–Trinajstić information content (AvgIpc) is 2.38. The molecule has 1 saturated heterocycles. The highest BCUT2D eigenvalue weighted by Crippen LogP contribution is 2.32. The van der Waals surface area contributed by atoms with Crippen molar-refractivity contribution in [2.75, 3.05) is 7.05 Å². The van der Waals surface area contributed by atoms with Gasteiger partial charge in [-0.1, -0.05) is 0 Å². The Morgan fingerprint density at radius 2 is 2.25 bits per heavy atom. The summed E-state index contributed by atoms with van der Waals surface area (Å²) in [4.78, 5) is 27.8. The summed E-state index contributed by atoms with van der Waals surface area (Å²) in [5.41, 5.74) is -0.224. The molecule has 0 spiro atoms. The van der Waals surface area contributed by atoms with Crippen LogP contribution in [-0.4, -0.2) is 40.9 Å². The Morgan fingerprint density at radius 1 is 1.62 bits per heavy atom. The number of hydrogen-bond acceptors (Lipinski definition) is 5. The average molecular weight is 228 g/mol. The van der Waals surface area contributed by atoms with Crippen LogP contribution in [0.3, 0.4) is 0 Å². The first-order valence-electron chi connectivity index (χ1n) is 5.38. The van der Waals surface area contributed by atoms with Gasteiger partial charge >= 0.3 is 5.97 Å². The van der Waals surface area contributed by atoms with Gasteiger partial charge in [0.2, 0.25) is 5.91 Å². The number of nitrogens with one attached hydrogen (secondary N) is 1. The number of aliphatic hydroxyl groups excluding tert-OH is 1. The van der Waals surface area contributed by atoms with Gasteiger partial charge < -0.3 is 15.3 Å². The second-order valence-electron chi connectivity index (χ2n) is 4.75. The van der Waals surface area contributed by atoms with E-state index in [2.05, 4.69) is 10.2 Å². The van der Waals surface area contributed by atoms with Gasteiger partial charge in [-0.3, -0.25) is 4.79 Å². The molecule has 0 aromatic carbocycles. The quantitative estimate of drug-likeness (QED) is 0.616. The topological polar surface area (TPSA) is 78.9 Å². The third-order valence-corrected chi connectivity index (χ3v) is 3.32. The maximum Gasteiger partial charge on any atom is 0.341 e. The zero-order valence-corrected chi connectivity index (χ0v) is 9.40. The number of carbonyl (C=O) groups excluding carboxylic acids is 2. The van der Waals surface area contributed by atoms with Crippen molar-refractivity contribution in [3.8, 4) is 0 Å². The molecule has 6 nitrogen and oxygen atoms in total. The summed E-state index contributed by atoms with van der Waals surface area (Å²) in [5, 5.41) is 13.4. The van der Waals surface area contributed by atoms with Crippen LogP contribution in [0, 0.1) is 5.92 Å². The summed E-state index contributed by atoms with van der Waals surface area (Å²) in [6.07, 6.45) is 1.70. The van der Waals surface area contributed by atoms with Gasteiger partial charge in [0, 0.05) is 12.6 Å². The molecule has 0 bridgehead atoms. The van der Waals surface area contributed by atoms with Crippen LogP contribution < -0.4 is 5.32 Å². The molecule has 0 aromatic rings. The predicted octanol–water partition coefficient (Wildman–Crippen LogP) is -0.617. The molecule has 2 fully saturated rings. The molecule has 1 aliphatic heterocycles. The summed E-state index contributed by atoms with van der Waals surface area (Å²) in [6.45, 7) is 1.94. The third-order valence-electron chi connectivity index (χ3n) is 3.32. The van der Waals surface area contributed by atoms with Crippen LogP contribution in [0.1, 0.15) is 26.2 Å². The molecule has 1 amide bonds. The van der Waals surface area contributed by atoms with Gasteiger partial charge in [0.05, 0.1) is 0 Å². The summed E-state index contributed by atoms with van der Waals surface area (Å²) in [5.74, 6) is -2.29. The molecule has 2 atom stereocenters. The molecule has 1 heterocycles. The molecule has 2 aliphatic rings. The summed E-state index contributed by atoms with van der Waals surface area (Å²) < 4.78 is 0. The molecule has 6 heteroatoms. The van der Waals surface area contributed by atoms with E-state index < -0.39 is 24.0 Å². The Hall–Kier alpha value is -1.14. The maximum atomic E-state index is 11.8. The van der Waals surface area contributed by atoms with Gasteiger partial charge in [-0.15, -0.1) is 5.06 Å². The predicted molar refractivity (Wildman–Crippen MR) is 53.8 cm³/mol. The smallest absolute Gasteiger partial charge is 0.341 e. The molecule has 1 aliphatic carbocycles. The third kappa shape index (κ3) is 1.78. The normalized spacial score (nSPS) is 33.1. The number of rotatable bonds is 2. The Labute approximate surface area is 93.5 Å². The van der Waals surface area contributed by atoms with E-state index in [9.17, 15) is 14.7 Å². The molecule has 16 heavy (non-hydrogen) atoms. The largest absolute Gasteiger partial charge is 0.374 e. The molecular weight excluding hydrogens is 212 g/mol. The van der Waals surface area contributed by atoms with Gasteiger partial charge in [0.15, 0.2) is 12.1 Å². The van der Waals surface area contributed by atoms with Crippen LogP contribution in [0.5, 0.6) is 0 Å². The Morgan fingerprint density at radius 3 is 2.62 bits per heavy atom. The monoisotopic (exact) mass is 228 g/mol. The highest BCUT2D eigenvalue weighted by Gasteiger charge is 2.47. The highest BCUT2D eigenvalue weighted by molar-refractivity contribution is 5.99. The van der Waals surface area contributed by atoms with Crippen molar-refractivity contribution in [1.29, 1.82) is 0 Å². The summed E-state index contributed by atoms with van der Waals surface area (Å²) >= 11 is 0. The van der Waals surface area contributed by atoms with Crippen LogP contribution in [0.2, 0.25) is 0 Å². The SMILES string of the molecule is CN1OC(=O)C(C(=O)NC2(C)CCC2)C1O. The van der Waals surface area contributed by atoms with Crippen LogP contribution in [0.25, 0.3) is 0 Å². The Kier molecular flexibility index (Phi) is 2.63. The van der Waals surface area contributed by atoms with Gasteiger partial charge in [0.1, 0.15) is 0 Å². The van der Waals surface area contributed by atoms with E-state index in [1.54, 1.807) is 0 Å². The standard InChI is InChI=1S/C10H16N2O4/c1-10(4-3-5-10)11-7(13)6-8(14)12(2)16-9(6)15/h6,8,14H,3-5H2,1-2H3,(H,11,13). The first kappa shape index (κ1) is 11.3. The van der Waals surface area contributed by atoms with Gasteiger partial charge in [0.25, 0.3) is 0 Å². The van der Waals surface area contributed by atoms with Gasteiger partial charge in [-0.2, -0.15) is 0 Å². The Bertz CT molecular complexity index is 327. The first-order valence-corrected chi connectivity index (χ1v) is 5.38. The van der Waals surface area contributed by atoms with E-state index in [0.717, 1.165) is 24.3 Å². The molecule has 2 rings (SSSR count). The molecule has 90 valence electrons. The van der Waals surface area contributed by atoms with Crippen molar-refractivity contribution in [2.45, 2.75) is 38.0 Å². The fourth-order valence-electron chi connectivity index (χ4n) is 2.03. The van der Waals surface area contributed by atoms with Crippen LogP contribution in [0.15, 0.2) is 0 Å². The molecule has 2 unspecified atom stereocenters. The number of hydrogen-bond donors (Lipinski definition) is 2. The minimum atomic E-state index is -1.20. The van der Waals surface area contributed by atoms with Crippen LogP contribution in [0.4, 0.5) is 0 Å². The molecular formula is C10H16N2O4. The van der Waals surface area contributed by atoms with E-state index in [0.29, 0.717) is 0 Å². The lowest BCUT2D eigenvalue weighted by Crippen LogP contribution is -2.54. The van der Waals surface area contributed by atoms with E-state index >= 15 is 0 Å². The fourth-order valence-corrected chi connectivity index (χ4v) is 2.03. The molecule has 2 N–H and O–H groups in total. The second kappa shape index (κ2) is 3.71. The van der Waals surface area contributed by atoms with Crippen molar-refractivity contribution in [3.63, 3.8) is 0 Å². The summed E-state index contributed by atoms with van der Waals surface area (Å²) in [7, 11) is 1.42. The number of hydroxylamine groups is 2. The minimum Gasteiger partial charge on any atom is -0.374 e. The van der Waals surface area contributed by atoms with Gasteiger partial charge in [-0.05, 0) is 26.2 Å². The van der Waals surface area contributed by atoms with Gasteiger partial charge in [-0.25, -0.2) is 4.79 Å². The zero-order chi connectivity index (χ0) is 11.9. The zero-order valence-electron chi connectivity index (χ0n) is 9.40. The highest BCUT2D eigenvalue weighted by atomic mass is 16.7. The lowest BCUT2D eigenvalue weighted by atomic mass is 9.78. The first-order chi connectivity index (χ1) is 7.43. The van der Waals surface area contributed by atoms with E-state index in [-0.39, 0.29) is 5.54 Å². The molecule has 1 saturated carbocycles. The van der Waals surface area contributed by atoms with Crippen molar-refractivity contribution in [2.24, 2.45) is 5.92 Å². The summed E-state index contributed by atoms with van der Waals surface area (Å²) in [6, 6.07) is 0. The van der Waals surface area contributed by atoms with E-state index in [1.807, 2.05) is 6.92 Å².